The molecule has 2 aliphatic heterocycles. The van der Waals surface area contributed by atoms with Gasteiger partial charge in [-0.3, -0.25) is 0 Å². The zero-order valence-corrected chi connectivity index (χ0v) is 16.5. The zero-order valence-electron chi connectivity index (χ0n) is 16.5. The first-order valence-corrected chi connectivity index (χ1v) is 9.87. The molecular formula is C22H27N3O3. The van der Waals surface area contributed by atoms with Gasteiger partial charge in [0.05, 0.1) is 0 Å². The maximum Gasteiger partial charge on any atom is 0.317 e. The summed E-state index contributed by atoms with van der Waals surface area (Å²) in [6.07, 6.45) is 0. The van der Waals surface area contributed by atoms with E-state index >= 15 is 0 Å². The van der Waals surface area contributed by atoms with E-state index in [-0.39, 0.29) is 12.8 Å². The van der Waals surface area contributed by atoms with Gasteiger partial charge in [0.25, 0.3) is 0 Å². The molecule has 0 spiro atoms. The highest BCUT2D eigenvalue weighted by Crippen LogP contribution is 2.32. The van der Waals surface area contributed by atoms with Crippen LogP contribution in [0.2, 0.25) is 0 Å². The Balaban J connectivity index is 1.31. The molecule has 2 amide bonds. The Morgan fingerprint density at radius 1 is 1.04 bits per heavy atom. The summed E-state index contributed by atoms with van der Waals surface area (Å²) in [4.78, 5) is 16.8. The summed E-state index contributed by atoms with van der Waals surface area (Å²) in [7, 11) is 0. The van der Waals surface area contributed by atoms with Crippen LogP contribution in [0.4, 0.5) is 10.5 Å². The molecule has 2 aromatic rings. The summed E-state index contributed by atoms with van der Waals surface area (Å²) in [5.74, 6) is 1.98. The van der Waals surface area contributed by atoms with E-state index in [1.807, 2.05) is 23.1 Å². The van der Waals surface area contributed by atoms with Gasteiger partial charge in [-0.05, 0) is 35.2 Å². The average molecular weight is 381 g/mol. The van der Waals surface area contributed by atoms with Gasteiger partial charge in [0.2, 0.25) is 6.79 Å². The molecule has 6 heteroatoms. The third kappa shape index (κ3) is 3.86. The Morgan fingerprint density at radius 3 is 2.57 bits per heavy atom. The normalized spacial score (nSPS) is 15.8. The predicted molar refractivity (Wildman–Crippen MR) is 109 cm³/mol. The number of amides is 2. The molecule has 6 nitrogen and oxygen atoms in total. The minimum atomic E-state index is -0.0190. The van der Waals surface area contributed by atoms with E-state index in [1.165, 1.54) is 11.3 Å². The molecule has 0 aliphatic carbocycles. The second-order valence-electron chi connectivity index (χ2n) is 7.53. The van der Waals surface area contributed by atoms with Crippen molar-refractivity contribution in [3.63, 3.8) is 0 Å². The van der Waals surface area contributed by atoms with E-state index in [9.17, 15) is 4.79 Å². The standard InChI is InChI=1S/C22H27N3O3/c1-16(2)18-5-3-4-6-19(18)24-9-11-25(12-10-24)22(26)23-14-17-7-8-20-21(13-17)28-15-27-20/h3-8,13,16H,9-12,14-15H2,1-2H3,(H,23,26). The number of fused-ring (bicyclic) bond motifs is 1. The number of carbonyl (C=O) groups excluding carboxylic acids is 1. The summed E-state index contributed by atoms with van der Waals surface area (Å²) in [6.45, 7) is 8.32. The number of piperazine rings is 1. The van der Waals surface area contributed by atoms with Gasteiger partial charge in [-0.25, -0.2) is 4.79 Å². The quantitative estimate of drug-likeness (QED) is 0.880. The lowest BCUT2D eigenvalue weighted by atomic mass is 10.00. The number of urea groups is 1. The topological polar surface area (TPSA) is 54.0 Å². The van der Waals surface area contributed by atoms with Crippen molar-refractivity contribution in [1.82, 2.24) is 10.2 Å². The van der Waals surface area contributed by atoms with Crippen molar-refractivity contribution < 1.29 is 14.3 Å². The van der Waals surface area contributed by atoms with Crippen LogP contribution in [-0.2, 0) is 6.54 Å². The van der Waals surface area contributed by atoms with Gasteiger partial charge in [-0.2, -0.15) is 0 Å². The third-order valence-electron chi connectivity index (χ3n) is 5.35. The second kappa shape index (κ2) is 8.00. The molecule has 2 aromatic carbocycles. The Hall–Kier alpha value is -2.89. The van der Waals surface area contributed by atoms with E-state index in [0.29, 0.717) is 12.5 Å². The smallest absolute Gasteiger partial charge is 0.317 e. The highest BCUT2D eigenvalue weighted by molar-refractivity contribution is 5.74. The van der Waals surface area contributed by atoms with Crippen LogP contribution in [0.5, 0.6) is 11.5 Å². The number of nitrogens with zero attached hydrogens (tertiary/aromatic N) is 2. The van der Waals surface area contributed by atoms with Gasteiger partial charge < -0.3 is 24.6 Å². The Bertz CT molecular complexity index is 845. The Kier molecular flexibility index (Phi) is 5.28. The number of ether oxygens (including phenoxy) is 2. The van der Waals surface area contributed by atoms with Crippen molar-refractivity contribution in [1.29, 1.82) is 0 Å². The van der Waals surface area contributed by atoms with E-state index in [2.05, 4.69) is 48.3 Å². The minimum Gasteiger partial charge on any atom is -0.454 e. The van der Waals surface area contributed by atoms with Crippen molar-refractivity contribution in [2.75, 3.05) is 37.9 Å². The first-order chi connectivity index (χ1) is 13.6. The molecule has 2 heterocycles. The molecule has 0 radical (unpaired) electrons. The molecule has 2 aliphatic rings. The number of hydrogen-bond donors (Lipinski definition) is 1. The van der Waals surface area contributed by atoms with E-state index in [0.717, 1.165) is 43.2 Å². The fourth-order valence-electron chi connectivity index (χ4n) is 3.75. The van der Waals surface area contributed by atoms with Crippen molar-refractivity contribution >= 4 is 11.7 Å². The van der Waals surface area contributed by atoms with Crippen molar-refractivity contribution in [3.05, 3.63) is 53.6 Å². The van der Waals surface area contributed by atoms with Crippen molar-refractivity contribution in [2.24, 2.45) is 0 Å². The van der Waals surface area contributed by atoms with Gasteiger partial charge in [-0.1, -0.05) is 38.1 Å². The van der Waals surface area contributed by atoms with Crippen LogP contribution in [0.25, 0.3) is 0 Å². The van der Waals surface area contributed by atoms with E-state index in [1.54, 1.807) is 0 Å². The Morgan fingerprint density at radius 2 is 1.79 bits per heavy atom. The van der Waals surface area contributed by atoms with Gasteiger partial charge in [0, 0.05) is 38.4 Å². The number of nitrogens with one attached hydrogen (secondary N) is 1. The molecule has 4 rings (SSSR count). The maximum absolute atomic E-state index is 12.6. The van der Waals surface area contributed by atoms with Crippen LogP contribution in [0.15, 0.2) is 42.5 Å². The highest BCUT2D eigenvalue weighted by atomic mass is 16.7. The lowest BCUT2D eigenvalue weighted by Crippen LogP contribution is -2.51. The van der Waals surface area contributed by atoms with Crippen LogP contribution < -0.4 is 19.7 Å². The summed E-state index contributed by atoms with van der Waals surface area (Å²) in [5.41, 5.74) is 3.66. The number of carbonyl (C=O) groups is 1. The molecule has 148 valence electrons. The lowest BCUT2D eigenvalue weighted by molar-refractivity contribution is 0.174. The number of benzene rings is 2. The van der Waals surface area contributed by atoms with Gasteiger partial charge in [-0.15, -0.1) is 0 Å². The maximum atomic E-state index is 12.6. The number of para-hydroxylation sites is 1. The molecule has 1 saturated heterocycles. The summed E-state index contributed by atoms with van der Waals surface area (Å²) >= 11 is 0. The minimum absolute atomic E-state index is 0.0190. The van der Waals surface area contributed by atoms with Gasteiger partial charge in [0.1, 0.15) is 0 Å². The van der Waals surface area contributed by atoms with Crippen LogP contribution in [0.1, 0.15) is 30.9 Å². The highest BCUT2D eigenvalue weighted by Gasteiger charge is 2.23. The number of rotatable bonds is 4. The fraction of sp³-hybridized carbons (Fsp3) is 0.409. The molecule has 0 atom stereocenters. The second-order valence-corrected chi connectivity index (χ2v) is 7.53. The summed E-state index contributed by atoms with van der Waals surface area (Å²) in [6, 6.07) is 14.3. The number of anilines is 1. The van der Waals surface area contributed by atoms with Crippen molar-refractivity contribution in [3.8, 4) is 11.5 Å². The number of hydrogen-bond acceptors (Lipinski definition) is 4. The molecule has 1 N–H and O–H groups in total. The Labute approximate surface area is 166 Å². The summed E-state index contributed by atoms with van der Waals surface area (Å²) < 4.78 is 10.7. The van der Waals surface area contributed by atoms with E-state index in [4.69, 9.17) is 9.47 Å². The molecule has 0 unspecified atom stereocenters. The fourth-order valence-corrected chi connectivity index (χ4v) is 3.75. The molecule has 0 bridgehead atoms. The summed E-state index contributed by atoms with van der Waals surface area (Å²) in [5, 5.41) is 3.02. The average Bonchev–Trinajstić information content (AvgIpc) is 3.20. The predicted octanol–water partition coefficient (Wildman–Crippen LogP) is 3.57. The molecule has 28 heavy (non-hydrogen) atoms. The molecule has 0 aromatic heterocycles. The zero-order chi connectivity index (χ0) is 19.5. The SMILES string of the molecule is CC(C)c1ccccc1N1CCN(C(=O)NCc2ccc3c(c2)OCO3)CC1. The molecule has 0 saturated carbocycles. The largest absolute Gasteiger partial charge is 0.454 e. The van der Waals surface area contributed by atoms with Crippen molar-refractivity contribution in [2.45, 2.75) is 26.3 Å². The van der Waals surface area contributed by atoms with E-state index < -0.39 is 0 Å². The van der Waals surface area contributed by atoms with Crippen LogP contribution in [0.3, 0.4) is 0 Å². The third-order valence-corrected chi connectivity index (χ3v) is 5.35. The monoisotopic (exact) mass is 381 g/mol. The van der Waals surface area contributed by atoms with Gasteiger partial charge >= 0.3 is 6.03 Å². The van der Waals surface area contributed by atoms with Crippen LogP contribution in [0, 0.1) is 0 Å². The lowest BCUT2D eigenvalue weighted by Gasteiger charge is -2.37. The van der Waals surface area contributed by atoms with Crippen LogP contribution in [-0.4, -0.2) is 43.9 Å². The van der Waals surface area contributed by atoms with Crippen LogP contribution >= 0.6 is 0 Å². The van der Waals surface area contributed by atoms with Gasteiger partial charge in [0.15, 0.2) is 11.5 Å². The molecule has 1 fully saturated rings. The first-order valence-electron chi connectivity index (χ1n) is 9.87. The first kappa shape index (κ1) is 18.5. The molecular weight excluding hydrogens is 354 g/mol.